The van der Waals surface area contributed by atoms with Gasteiger partial charge in [0.2, 0.25) is 0 Å². The summed E-state index contributed by atoms with van der Waals surface area (Å²) in [5.74, 6) is -0.513. The molecule has 0 saturated carbocycles. The lowest BCUT2D eigenvalue weighted by atomic mass is 10.2. The lowest BCUT2D eigenvalue weighted by Crippen LogP contribution is -2.16. The highest BCUT2D eigenvalue weighted by molar-refractivity contribution is 7.92. The van der Waals surface area contributed by atoms with Gasteiger partial charge in [-0.15, -0.1) is 0 Å². The second-order valence-corrected chi connectivity index (χ2v) is 6.74. The molecule has 0 atom stereocenters. The SMILES string of the molecule is O=S(=O)(Nc1ccc(C(F)(F)F)cn1)c1cc(C(F)(F)F)ccc1Cl. The van der Waals surface area contributed by atoms with E-state index in [9.17, 15) is 34.8 Å². The molecular formula is C13H7ClF6N2O2S. The highest BCUT2D eigenvalue weighted by atomic mass is 35.5. The third-order valence-electron chi connectivity index (χ3n) is 2.88. The van der Waals surface area contributed by atoms with Crippen molar-refractivity contribution in [2.24, 2.45) is 0 Å². The monoisotopic (exact) mass is 404 g/mol. The van der Waals surface area contributed by atoms with E-state index in [2.05, 4.69) is 4.98 Å². The molecule has 0 aliphatic carbocycles. The van der Waals surface area contributed by atoms with Crippen molar-refractivity contribution in [1.82, 2.24) is 4.98 Å². The van der Waals surface area contributed by atoms with Gasteiger partial charge >= 0.3 is 12.4 Å². The fourth-order valence-electron chi connectivity index (χ4n) is 1.70. The molecule has 136 valence electrons. The smallest absolute Gasteiger partial charge is 0.263 e. The number of halogens is 7. The van der Waals surface area contributed by atoms with Crippen molar-refractivity contribution >= 4 is 27.4 Å². The fourth-order valence-corrected chi connectivity index (χ4v) is 3.24. The van der Waals surface area contributed by atoms with Gasteiger partial charge in [0.25, 0.3) is 10.0 Å². The highest BCUT2D eigenvalue weighted by Gasteiger charge is 2.33. The second-order valence-electron chi connectivity index (χ2n) is 4.68. The van der Waals surface area contributed by atoms with Crippen LogP contribution in [0.4, 0.5) is 32.2 Å². The van der Waals surface area contributed by atoms with Crippen LogP contribution >= 0.6 is 11.6 Å². The quantitative estimate of drug-likeness (QED) is 0.762. The van der Waals surface area contributed by atoms with Crippen LogP contribution in [-0.2, 0) is 22.4 Å². The van der Waals surface area contributed by atoms with E-state index in [4.69, 9.17) is 11.6 Å². The van der Waals surface area contributed by atoms with Gasteiger partial charge in [-0.05, 0) is 30.3 Å². The molecule has 1 N–H and O–H groups in total. The van der Waals surface area contributed by atoms with E-state index in [1.165, 1.54) is 0 Å². The Bertz CT molecular complexity index is 879. The molecule has 0 amide bonds. The molecule has 1 heterocycles. The molecule has 0 spiro atoms. The average Bonchev–Trinajstić information content (AvgIpc) is 2.45. The molecular weight excluding hydrogens is 398 g/mol. The summed E-state index contributed by atoms with van der Waals surface area (Å²) < 4.78 is 101. The van der Waals surface area contributed by atoms with Crippen molar-refractivity contribution in [2.75, 3.05) is 4.72 Å². The van der Waals surface area contributed by atoms with Crippen LogP contribution < -0.4 is 4.72 Å². The first-order valence-electron chi connectivity index (χ1n) is 6.23. The lowest BCUT2D eigenvalue weighted by molar-refractivity contribution is -0.138. The van der Waals surface area contributed by atoms with Gasteiger partial charge in [0, 0.05) is 6.20 Å². The molecule has 1 aromatic carbocycles. The van der Waals surface area contributed by atoms with Gasteiger partial charge in [-0.25, -0.2) is 13.4 Å². The van der Waals surface area contributed by atoms with E-state index >= 15 is 0 Å². The third-order valence-corrected chi connectivity index (χ3v) is 4.71. The molecule has 0 aliphatic rings. The molecule has 4 nitrogen and oxygen atoms in total. The van der Waals surface area contributed by atoms with Crippen molar-refractivity contribution in [3.8, 4) is 0 Å². The molecule has 12 heteroatoms. The van der Waals surface area contributed by atoms with Crippen molar-refractivity contribution in [2.45, 2.75) is 17.2 Å². The van der Waals surface area contributed by atoms with Gasteiger partial charge in [-0.3, -0.25) is 4.72 Å². The van der Waals surface area contributed by atoms with E-state index in [0.717, 1.165) is 12.1 Å². The number of aromatic nitrogens is 1. The Labute approximate surface area is 142 Å². The van der Waals surface area contributed by atoms with E-state index < -0.39 is 49.2 Å². The Morgan fingerprint density at radius 3 is 1.96 bits per heavy atom. The third kappa shape index (κ3) is 4.54. The minimum atomic E-state index is -4.80. The summed E-state index contributed by atoms with van der Waals surface area (Å²) >= 11 is 5.63. The number of nitrogens with zero attached hydrogens (tertiary/aromatic N) is 1. The molecule has 0 bridgehead atoms. The summed E-state index contributed by atoms with van der Waals surface area (Å²) in [6, 6.07) is 2.95. The molecule has 0 radical (unpaired) electrons. The second kappa shape index (κ2) is 6.37. The summed E-state index contributed by atoms with van der Waals surface area (Å²) in [6.45, 7) is 0. The maximum absolute atomic E-state index is 12.7. The zero-order chi connectivity index (χ0) is 19.0. The maximum atomic E-state index is 12.7. The van der Waals surface area contributed by atoms with Gasteiger partial charge in [-0.1, -0.05) is 11.6 Å². The van der Waals surface area contributed by atoms with Crippen LogP contribution in [0.5, 0.6) is 0 Å². The van der Waals surface area contributed by atoms with Gasteiger partial charge in [-0.2, -0.15) is 26.3 Å². The summed E-state index contributed by atoms with van der Waals surface area (Å²) in [5, 5.41) is -0.493. The lowest BCUT2D eigenvalue weighted by Gasteiger charge is -2.12. The number of alkyl halides is 6. The summed E-state index contributed by atoms with van der Waals surface area (Å²) in [6.07, 6.45) is -9.10. The number of rotatable bonds is 3. The minimum absolute atomic E-state index is 0.314. The number of hydrogen-bond acceptors (Lipinski definition) is 3. The number of nitrogens with one attached hydrogen (secondary N) is 1. The molecule has 0 unspecified atom stereocenters. The molecule has 1 aromatic heterocycles. The first-order chi connectivity index (χ1) is 11.3. The number of benzene rings is 1. The Balaban J connectivity index is 2.37. The average molecular weight is 405 g/mol. The summed E-state index contributed by atoms with van der Waals surface area (Å²) in [4.78, 5) is 2.40. The number of sulfonamides is 1. The number of hydrogen-bond donors (Lipinski definition) is 1. The first kappa shape index (κ1) is 19.3. The van der Waals surface area contributed by atoms with Crippen molar-refractivity contribution in [3.05, 3.63) is 52.7 Å². The molecule has 25 heavy (non-hydrogen) atoms. The Kier molecular flexibility index (Phi) is 4.92. The predicted octanol–water partition coefficient (Wildman–Crippen LogP) is 4.57. The van der Waals surface area contributed by atoms with Gasteiger partial charge < -0.3 is 0 Å². The predicted molar refractivity (Wildman–Crippen MR) is 76.5 cm³/mol. The zero-order valence-corrected chi connectivity index (χ0v) is 13.4. The van der Waals surface area contributed by atoms with Crippen molar-refractivity contribution in [3.63, 3.8) is 0 Å². The van der Waals surface area contributed by atoms with E-state index in [-0.39, 0.29) is 0 Å². The van der Waals surface area contributed by atoms with E-state index in [1.54, 1.807) is 4.72 Å². The minimum Gasteiger partial charge on any atom is -0.263 e. The topological polar surface area (TPSA) is 59.1 Å². The van der Waals surface area contributed by atoms with Gasteiger partial charge in [0.15, 0.2) is 0 Å². The maximum Gasteiger partial charge on any atom is 0.417 e. The summed E-state index contributed by atoms with van der Waals surface area (Å²) in [7, 11) is -4.60. The van der Waals surface area contributed by atoms with Crippen LogP contribution in [-0.4, -0.2) is 13.4 Å². The zero-order valence-electron chi connectivity index (χ0n) is 11.8. The number of anilines is 1. The van der Waals surface area contributed by atoms with Gasteiger partial charge in [0.05, 0.1) is 16.1 Å². The molecule has 2 aromatic rings. The van der Waals surface area contributed by atoms with Crippen LogP contribution in [0, 0.1) is 0 Å². The van der Waals surface area contributed by atoms with Gasteiger partial charge in [0.1, 0.15) is 10.7 Å². The standard InChI is InChI=1S/C13H7ClF6N2O2S/c14-9-3-1-7(12(15,16)17)5-10(9)25(23,24)22-11-4-2-8(6-21-11)13(18,19)20/h1-6H,(H,21,22). The normalized spacial score (nSPS) is 12.9. The van der Waals surface area contributed by atoms with Crippen LogP contribution in [0.2, 0.25) is 5.02 Å². The Morgan fingerprint density at radius 2 is 1.48 bits per heavy atom. The van der Waals surface area contributed by atoms with Crippen LogP contribution in [0.15, 0.2) is 41.4 Å². The van der Waals surface area contributed by atoms with Crippen LogP contribution in [0.25, 0.3) is 0 Å². The van der Waals surface area contributed by atoms with Crippen molar-refractivity contribution < 1.29 is 34.8 Å². The largest absolute Gasteiger partial charge is 0.417 e. The molecule has 0 saturated heterocycles. The fraction of sp³-hybridized carbons (Fsp3) is 0.154. The van der Waals surface area contributed by atoms with E-state index in [0.29, 0.717) is 24.4 Å². The summed E-state index contributed by atoms with van der Waals surface area (Å²) in [5.41, 5.74) is -2.37. The van der Waals surface area contributed by atoms with Crippen LogP contribution in [0.3, 0.4) is 0 Å². The Hall–Kier alpha value is -2.01. The molecule has 0 fully saturated rings. The molecule has 0 aliphatic heterocycles. The van der Waals surface area contributed by atoms with Crippen LogP contribution in [0.1, 0.15) is 11.1 Å². The Morgan fingerprint density at radius 1 is 0.920 bits per heavy atom. The van der Waals surface area contributed by atoms with Crippen molar-refractivity contribution in [1.29, 1.82) is 0 Å². The number of pyridine rings is 1. The first-order valence-corrected chi connectivity index (χ1v) is 8.09. The molecule has 2 rings (SSSR count). The van der Waals surface area contributed by atoms with E-state index in [1.807, 2.05) is 0 Å². The highest BCUT2D eigenvalue weighted by Crippen LogP contribution is 2.34.